The average Bonchev–Trinajstić information content (AvgIpc) is 2.75. The molecule has 1 aromatic heterocycles. The van der Waals surface area contributed by atoms with Gasteiger partial charge >= 0.3 is 0 Å². The van der Waals surface area contributed by atoms with E-state index < -0.39 is 17.5 Å². The first-order chi connectivity index (χ1) is 9.06. The van der Waals surface area contributed by atoms with E-state index in [-0.39, 0.29) is 12.1 Å². The maximum Gasteiger partial charge on any atom is 0.254 e. The van der Waals surface area contributed by atoms with Crippen LogP contribution in [0, 0.1) is 11.6 Å². The molecule has 0 atom stereocenters. The third kappa shape index (κ3) is 3.27. The minimum Gasteiger partial charge on any atom is -0.396 e. The second kappa shape index (κ2) is 5.47. The van der Waals surface area contributed by atoms with Gasteiger partial charge in [0, 0.05) is 18.8 Å². The average molecular weight is 266 g/mol. The molecular formula is C12H12F2N4O. The largest absolute Gasteiger partial charge is 0.396 e. The lowest BCUT2D eigenvalue weighted by Crippen LogP contribution is -2.28. The van der Waals surface area contributed by atoms with E-state index in [0.717, 1.165) is 12.1 Å². The van der Waals surface area contributed by atoms with Gasteiger partial charge in [-0.05, 0) is 12.1 Å². The van der Waals surface area contributed by atoms with E-state index >= 15 is 0 Å². The van der Waals surface area contributed by atoms with E-state index in [4.69, 9.17) is 5.73 Å². The van der Waals surface area contributed by atoms with E-state index in [1.165, 1.54) is 6.20 Å². The quantitative estimate of drug-likeness (QED) is 0.872. The first-order valence-electron chi connectivity index (χ1n) is 5.57. The summed E-state index contributed by atoms with van der Waals surface area (Å²) in [5.74, 6) is -2.21. The molecule has 1 heterocycles. The fraction of sp³-hybridized carbons (Fsp3) is 0.167. The van der Waals surface area contributed by atoms with Gasteiger partial charge in [0.15, 0.2) is 0 Å². The van der Waals surface area contributed by atoms with Gasteiger partial charge in [-0.1, -0.05) is 0 Å². The van der Waals surface area contributed by atoms with Crippen LogP contribution in [0.4, 0.5) is 14.5 Å². The number of nitrogen functional groups attached to an aromatic ring is 1. The Labute approximate surface area is 108 Å². The third-order valence-electron chi connectivity index (χ3n) is 2.46. The van der Waals surface area contributed by atoms with Crippen molar-refractivity contribution < 1.29 is 13.6 Å². The van der Waals surface area contributed by atoms with Gasteiger partial charge < -0.3 is 11.1 Å². The molecule has 0 saturated heterocycles. The maximum absolute atomic E-state index is 13.3. The molecule has 3 N–H and O–H groups in total. The van der Waals surface area contributed by atoms with Crippen molar-refractivity contribution >= 4 is 11.6 Å². The number of nitrogens with two attached hydrogens (primary N) is 1. The molecule has 0 radical (unpaired) electrons. The van der Waals surface area contributed by atoms with Crippen LogP contribution in [0.1, 0.15) is 10.4 Å². The summed E-state index contributed by atoms with van der Waals surface area (Å²) in [6.45, 7) is 0.669. The monoisotopic (exact) mass is 266 g/mol. The molecule has 5 nitrogen and oxygen atoms in total. The number of hydrogen-bond donors (Lipinski definition) is 2. The van der Waals surface area contributed by atoms with Crippen molar-refractivity contribution in [3.8, 4) is 0 Å². The van der Waals surface area contributed by atoms with Gasteiger partial charge in [-0.2, -0.15) is 5.10 Å². The number of anilines is 1. The molecule has 2 aromatic rings. The fourth-order valence-corrected chi connectivity index (χ4v) is 1.55. The number of hydrogen-bond acceptors (Lipinski definition) is 3. The Kier molecular flexibility index (Phi) is 3.74. The molecule has 0 aliphatic heterocycles. The molecule has 1 aromatic carbocycles. The van der Waals surface area contributed by atoms with Crippen LogP contribution in [-0.4, -0.2) is 22.2 Å². The minimum absolute atomic E-state index is 0.193. The van der Waals surface area contributed by atoms with Crippen LogP contribution in [-0.2, 0) is 6.54 Å². The van der Waals surface area contributed by atoms with E-state index in [1.807, 2.05) is 0 Å². The summed E-state index contributed by atoms with van der Waals surface area (Å²) in [6.07, 6.45) is 3.10. The van der Waals surface area contributed by atoms with E-state index in [2.05, 4.69) is 10.4 Å². The summed E-state index contributed by atoms with van der Waals surface area (Å²) in [5, 5.41) is 6.45. The molecule has 2 rings (SSSR count). The highest BCUT2D eigenvalue weighted by Gasteiger charge is 2.11. The Hall–Kier alpha value is -2.44. The minimum atomic E-state index is -0.888. The smallest absolute Gasteiger partial charge is 0.254 e. The van der Waals surface area contributed by atoms with Gasteiger partial charge in [0.25, 0.3) is 5.91 Å². The first-order valence-corrected chi connectivity index (χ1v) is 5.57. The predicted octanol–water partition coefficient (Wildman–Crippen LogP) is 1.17. The van der Waals surface area contributed by atoms with Crippen molar-refractivity contribution in [3.05, 3.63) is 47.8 Å². The fourth-order valence-electron chi connectivity index (χ4n) is 1.55. The summed E-state index contributed by atoms with van der Waals surface area (Å²) in [6, 6.07) is 2.81. The lowest BCUT2D eigenvalue weighted by atomic mass is 10.2. The molecular weight excluding hydrogens is 254 g/mol. The highest BCUT2D eigenvalue weighted by molar-refractivity contribution is 5.94. The topological polar surface area (TPSA) is 72.9 Å². The van der Waals surface area contributed by atoms with Crippen molar-refractivity contribution in [2.75, 3.05) is 12.3 Å². The Morgan fingerprint density at radius 3 is 2.84 bits per heavy atom. The number of halogens is 2. The SMILES string of the molecule is Nc1cnn(CCNC(=O)c2ccc(F)cc2F)c1. The third-order valence-corrected chi connectivity index (χ3v) is 2.46. The number of rotatable bonds is 4. The molecule has 1 amide bonds. The van der Waals surface area contributed by atoms with E-state index in [1.54, 1.807) is 10.9 Å². The number of carbonyl (C=O) groups is 1. The van der Waals surface area contributed by atoms with Crippen LogP contribution in [0.15, 0.2) is 30.6 Å². The Bertz CT molecular complexity index is 597. The highest BCUT2D eigenvalue weighted by atomic mass is 19.1. The zero-order valence-corrected chi connectivity index (χ0v) is 9.94. The lowest BCUT2D eigenvalue weighted by Gasteiger charge is -2.06. The van der Waals surface area contributed by atoms with Crippen molar-refractivity contribution in [2.24, 2.45) is 0 Å². The van der Waals surface area contributed by atoms with Gasteiger partial charge in [-0.3, -0.25) is 9.48 Å². The molecule has 7 heteroatoms. The summed E-state index contributed by atoms with van der Waals surface area (Å²) in [5.41, 5.74) is 5.81. The molecule has 0 fully saturated rings. The van der Waals surface area contributed by atoms with Crippen LogP contribution < -0.4 is 11.1 Å². The maximum atomic E-state index is 13.3. The zero-order valence-electron chi connectivity index (χ0n) is 9.94. The Balaban J connectivity index is 1.90. The zero-order chi connectivity index (χ0) is 13.8. The van der Waals surface area contributed by atoms with Crippen molar-refractivity contribution in [3.63, 3.8) is 0 Å². The molecule has 0 spiro atoms. The number of aromatic nitrogens is 2. The summed E-state index contributed by atoms with van der Waals surface area (Å²) in [4.78, 5) is 11.6. The predicted molar refractivity (Wildman–Crippen MR) is 65.3 cm³/mol. The summed E-state index contributed by atoms with van der Waals surface area (Å²) >= 11 is 0. The molecule has 0 aliphatic carbocycles. The molecule has 0 aliphatic rings. The molecule has 0 unspecified atom stereocenters. The van der Waals surface area contributed by atoms with Crippen LogP contribution in [0.5, 0.6) is 0 Å². The van der Waals surface area contributed by atoms with Gasteiger partial charge in [0.1, 0.15) is 11.6 Å². The molecule has 0 bridgehead atoms. The second-order valence-electron chi connectivity index (χ2n) is 3.92. The normalized spacial score (nSPS) is 10.4. The molecule has 19 heavy (non-hydrogen) atoms. The number of nitrogens with one attached hydrogen (secondary N) is 1. The number of benzene rings is 1. The highest BCUT2D eigenvalue weighted by Crippen LogP contribution is 2.09. The molecule has 100 valence electrons. The number of amides is 1. The van der Waals surface area contributed by atoms with Gasteiger partial charge in [0.2, 0.25) is 0 Å². The molecule has 0 saturated carbocycles. The standard InChI is InChI=1S/C12H12F2N4O/c13-8-1-2-10(11(14)5-8)12(19)16-3-4-18-7-9(15)6-17-18/h1-2,5-7H,3-4,15H2,(H,16,19). The second-order valence-corrected chi connectivity index (χ2v) is 3.92. The Morgan fingerprint density at radius 2 is 2.21 bits per heavy atom. The summed E-state index contributed by atoms with van der Waals surface area (Å²) < 4.78 is 27.6. The van der Waals surface area contributed by atoms with Crippen LogP contribution in [0.2, 0.25) is 0 Å². The number of carbonyl (C=O) groups excluding carboxylic acids is 1. The van der Waals surface area contributed by atoms with Crippen molar-refractivity contribution in [1.29, 1.82) is 0 Å². The van der Waals surface area contributed by atoms with Gasteiger partial charge in [-0.15, -0.1) is 0 Å². The van der Waals surface area contributed by atoms with E-state index in [9.17, 15) is 13.6 Å². The number of nitrogens with zero attached hydrogens (tertiary/aromatic N) is 2. The van der Waals surface area contributed by atoms with Gasteiger partial charge in [-0.25, -0.2) is 8.78 Å². The van der Waals surface area contributed by atoms with Crippen LogP contribution in [0.3, 0.4) is 0 Å². The van der Waals surface area contributed by atoms with Crippen molar-refractivity contribution in [2.45, 2.75) is 6.54 Å². The van der Waals surface area contributed by atoms with Crippen molar-refractivity contribution in [1.82, 2.24) is 15.1 Å². The summed E-state index contributed by atoms with van der Waals surface area (Å²) in [7, 11) is 0. The van der Waals surface area contributed by atoms with Gasteiger partial charge in [0.05, 0.1) is 24.0 Å². The van der Waals surface area contributed by atoms with Crippen LogP contribution >= 0.6 is 0 Å². The van der Waals surface area contributed by atoms with Crippen LogP contribution in [0.25, 0.3) is 0 Å². The lowest BCUT2D eigenvalue weighted by molar-refractivity contribution is 0.0948. The Morgan fingerprint density at radius 1 is 1.42 bits per heavy atom. The first kappa shape index (κ1) is 13.0. The van der Waals surface area contributed by atoms with E-state index in [0.29, 0.717) is 18.3 Å².